The highest BCUT2D eigenvalue weighted by atomic mass is 35.5. The predicted molar refractivity (Wildman–Crippen MR) is 140 cm³/mol. The number of aryl methyl sites for hydroxylation is 1. The van der Waals surface area contributed by atoms with Crippen molar-refractivity contribution < 1.29 is 23.1 Å². The Balaban J connectivity index is 1.43. The van der Waals surface area contributed by atoms with E-state index in [1.165, 1.54) is 16.2 Å². The summed E-state index contributed by atoms with van der Waals surface area (Å²) in [7, 11) is 0. The molecule has 0 spiro atoms. The van der Waals surface area contributed by atoms with E-state index in [0.717, 1.165) is 44.5 Å². The number of piperidine rings is 1. The van der Waals surface area contributed by atoms with E-state index in [1.54, 1.807) is 11.1 Å². The van der Waals surface area contributed by atoms with Crippen LogP contribution >= 0.6 is 22.9 Å². The van der Waals surface area contributed by atoms with Crippen molar-refractivity contribution in [3.8, 4) is 16.9 Å². The lowest BCUT2D eigenvalue weighted by Crippen LogP contribution is -2.43. The second kappa shape index (κ2) is 10.3. The average Bonchev–Trinajstić information content (AvgIpc) is 3.38. The van der Waals surface area contributed by atoms with Gasteiger partial charge in [0.2, 0.25) is 11.8 Å². The van der Waals surface area contributed by atoms with Crippen molar-refractivity contribution in [3.05, 3.63) is 45.9 Å². The number of imide groups is 1. The molecule has 0 N–H and O–H groups in total. The molecule has 2 aromatic heterocycles. The van der Waals surface area contributed by atoms with Crippen LogP contribution in [0.25, 0.3) is 21.3 Å². The summed E-state index contributed by atoms with van der Waals surface area (Å²) in [5.74, 6) is -2.29. The normalized spacial score (nSPS) is 17.8. The van der Waals surface area contributed by atoms with E-state index in [4.69, 9.17) is 16.3 Å². The number of likely N-dealkylation sites (tertiary alicyclic amines) is 2. The van der Waals surface area contributed by atoms with Crippen molar-refractivity contribution in [2.45, 2.75) is 58.1 Å². The van der Waals surface area contributed by atoms with E-state index in [0.29, 0.717) is 31.0 Å². The molecule has 6 nitrogen and oxygen atoms in total. The lowest BCUT2D eigenvalue weighted by molar-refractivity contribution is -0.138. The van der Waals surface area contributed by atoms with E-state index in [1.807, 2.05) is 31.2 Å². The number of hydrogen-bond acceptors (Lipinski definition) is 6. The molecule has 0 unspecified atom stereocenters. The number of fused-ring (bicyclic) bond motifs is 1. The number of hydrogen-bond donors (Lipinski definition) is 0. The van der Waals surface area contributed by atoms with Crippen LogP contribution in [0.4, 0.5) is 8.78 Å². The molecule has 0 aliphatic carbocycles. The number of amides is 2. The topological polar surface area (TPSA) is 62.7 Å². The summed E-state index contributed by atoms with van der Waals surface area (Å²) in [5, 5.41) is 0.579. The van der Waals surface area contributed by atoms with Gasteiger partial charge in [-0.3, -0.25) is 24.4 Å². The molecule has 37 heavy (non-hydrogen) atoms. The molecule has 0 saturated carbocycles. The quantitative estimate of drug-likeness (QED) is 0.336. The number of rotatable bonds is 7. The molecule has 2 aliphatic heterocycles. The third kappa shape index (κ3) is 5.78. The number of nitrogens with zero attached hydrogens (tertiary/aromatic N) is 3. The van der Waals surface area contributed by atoms with Gasteiger partial charge in [0.25, 0.3) is 5.92 Å². The maximum atomic E-state index is 13.4. The first-order valence-electron chi connectivity index (χ1n) is 12.4. The van der Waals surface area contributed by atoms with E-state index >= 15 is 0 Å². The third-order valence-corrected chi connectivity index (χ3v) is 8.14. The number of benzene rings is 1. The zero-order valence-corrected chi connectivity index (χ0v) is 22.3. The van der Waals surface area contributed by atoms with Gasteiger partial charge in [-0.1, -0.05) is 11.6 Å². The van der Waals surface area contributed by atoms with Crippen LogP contribution in [-0.4, -0.2) is 58.3 Å². The number of alkyl halides is 2. The largest absolute Gasteiger partial charge is 0.489 e. The number of ether oxygens (including phenoxy) is 1. The van der Waals surface area contributed by atoms with Crippen LogP contribution in [-0.2, 0) is 16.1 Å². The van der Waals surface area contributed by atoms with Crippen molar-refractivity contribution in [2.24, 2.45) is 0 Å². The number of carbonyl (C=O) groups is 2. The van der Waals surface area contributed by atoms with Crippen molar-refractivity contribution >= 4 is 45.0 Å². The summed E-state index contributed by atoms with van der Waals surface area (Å²) in [5.41, 5.74) is 3.40. The van der Waals surface area contributed by atoms with E-state index in [9.17, 15) is 18.4 Å². The zero-order valence-electron chi connectivity index (χ0n) is 20.7. The Morgan fingerprint density at radius 3 is 2.51 bits per heavy atom. The fourth-order valence-electron chi connectivity index (χ4n) is 5.06. The Morgan fingerprint density at radius 2 is 1.84 bits per heavy atom. The van der Waals surface area contributed by atoms with Gasteiger partial charge in [-0.15, -0.1) is 11.3 Å². The highest BCUT2D eigenvalue weighted by molar-refractivity contribution is 7.19. The molecule has 2 fully saturated rings. The summed E-state index contributed by atoms with van der Waals surface area (Å²) in [6.45, 7) is 4.00. The van der Waals surface area contributed by atoms with Crippen LogP contribution < -0.4 is 4.74 Å². The van der Waals surface area contributed by atoms with Crippen LogP contribution in [0.5, 0.6) is 5.75 Å². The van der Waals surface area contributed by atoms with Gasteiger partial charge in [0, 0.05) is 60.1 Å². The first kappa shape index (κ1) is 26.0. The van der Waals surface area contributed by atoms with E-state index in [2.05, 4.69) is 4.98 Å². The summed E-state index contributed by atoms with van der Waals surface area (Å²) in [4.78, 5) is 32.7. The minimum absolute atomic E-state index is 0.0937. The molecule has 3 aromatic rings. The highest BCUT2D eigenvalue weighted by Crippen LogP contribution is 2.42. The van der Waals surface area contributed by atoms with Gasteiger partial charge in [0.1, 0.15) is 11.9 Å². The Kier molecular flexibility index (Phi) is 7.22. The SMILES string of the molecule is Cc1cc(Cl)cc(-c2ccnc3cc(CN4C(=O)CCC4=O)sc23)c1OC1CCN(CC(C)(F)F)CC1. The molecule has 1 aromatic carbocycles. The molecule has 0 bridgehead atoms. The number of carbonyl (C=O) groups excluding carboxylic acids is 2. The monoisotopic (exact) mass is 547 g/mol. The van der Waals surface area contributed by atoms with Gasteiger partial charge >= 0.3 is 0 Å². The Bertz CT molecular complexity index is 1330. The molecule has 196 valence electrons. The molecule has 4 heterocycles. The van der Waals surface area contributed by atoms with E-state index in [-0.39, 0.29) is 43.8 Å². The fourth-order valence-corrected chi connectivity index (χ4v) is 6.47. The van der Waals surface area contributed by atoms with Gasteiger partial charge in [0.15, 0.2) is 0 Å². The molecular formula is C27H28ClF2N3O3S. The van der Waals surface area contributed by atoms with Crippen LogP contribution in [0.3, 0.4) is 0 Å². The first-order valence-corrected chi connectivity index (χ1v) is 13.5. The summed E-state index contributed by atoms with van der Waals surface area (Å²) in [6, 6.07) is 7.56. The first-order chi connectivity index (χ1) is 17.6. The second-order valence-electron chi connectivity index (χ2n) is 9.92. The van der Waals surface area contributed by atoms with E-state index < -0.39 is 5.92 Å². The van der Waals surface area contributed by atoms with Crippen LogP contribution in [0, 0.1) is 6.92 Å². The Morgan fingerprint density at radius 1 is 1.14 bits per heavy atom. The van der Waals surface area contributed by atoms with Gasteiger partial charge in [0.05, 0.1) is 23.3 Å². The Labute approximate surface area is 223 Å². The minimum Gasteiger partial charge on any atom is -0.489 e. The predicted octanol–water partition coefficient (Wildman–Crippen LogP) is 6.07. The molecule has 10 heteroatoms. The number of aromatic nitrogens is 1. The molecular weight excluding hydrogens is 520 g/mol. The van der Waals surface area contributed by atoms with Gasteiger partial charge in [-0.05, 0) is 49.6 Å². The van der Waals surface area contributed by atoms with Gasteiger partial charge in [-0.2, -0.15) is 0 Å². The lowest BCUT2D eigenvalue weighted by atomic mass is 10.0. The molecule has 2 saturated heterocycles. The van der Waals surface area contributed by atoms with Gasteiger partial charge in [-0.25, -0.2) is 8.78 Å². The Hall–Kier alpha value is -2.62. The third-order valence-electron chi connectivity index (χ3n) is 6.78. The number of halogens is 3. The molecule has 5 rings (SSSR count). The maximum absolute atomic E-state index is 13.4. The fraction of sp³-hybridized carbons (Fsp3) is 0.444. The maximum Gasteiger partial charge on any atom is 0.257 e. The molecule has 0 atom stereocenters. The minimum atomic E-state index is -2.71. The second-order valence-corrected chi connectivity index (χ2v) is 11.5. The van der Waals surface area contributed by atoms with Gasteiger partial charge < -0.3 is 4.74 Å². The van der Waals surface area contributed by atoms with Crippen molar-refractivity contribution in [3.63, 3.8) is 0 Å². The van der Waals surface area contributed by atoms with Crippen LogP contribution in [0.2, 0.25) is 5.02 Å². The van der Waals surface area contributed by atoms with Crippen molar-refractivity contribution in [2.75, 3.05) is 19.6 Å². The van der Waals surface area contributed by atoms with Crippen molar-refractivity contribution in [1.29, 1.82) is 0 Å². The van der Waals surface area contributed by atoms with Crippen molar-refractivity contribution in [1.82, 2.24) is 14.8 Å². The average molecular weight is 548 g/mol. The molecule has 2 aliphatic rings. The number of pyridine rings is 1. The van der Waals surface area contributed by atoms with Crippen LogP contribution in [0.15, 0.2) is 30.5 Å². The lowest BCUT2D eigenvalue weighted by Gasteiger charge is -2.34. The summed E-state index contributed by atoms with van der Waals surface area (Å²) >= 11 is 7.97. The summed E-state index contributed by atoms with van der Waals surface area (Å²) < 4.78 is 34.3. The number of thiophene rings is 1. The smallest absolute Gasteiger partial charge is 0.257 e. The summed E-state index contributed by atoms with van der Waals surface area (Å²) in [6.07, 6.45) is 3.47. The molecule has 2 amide bonds. The standard InChI is InChI=1S/C27H28ClF2N3O3S/c1-16-11-17(28)12-21(25(16)36-18-6-9-32(10-7-18)15-27(2,29)30)20-5-8-31-22-13-19(37-26(20)22)14-33-23(34)3-4-24(33)35/h5,8,11-13,18H,3-4,6-7,9-10,14-15H2,1-2H3. The molecule has 0 radical (unpaired) electrons. The zero-order chi connectivity index (χ0) is 26.3. The van der Waals surface area contributed by atoms with Crippen LogP contribution in [0.1, 0.15) is 43.0 Å². The highest BCUT2D eigenvalue weighted by Gasteiger charge is 2.31.